The predicted octanol–water partition coefficient (Wildman–Crippen LogP) is 1.92. The number of anilines is 1. The highest BCUT2D eigenvalue weighted by Crippen LogP contribution is 2.45. The number of para-hydroxylation sites is 1. The monoisotopic (exact) mass is 418 g/mol. The summed E-state index contributed by atoms with van der Waals surface area (Å²) < 4.78 is 24.0. The minimum atomic E-state index is -3.19. The second-order valence-corrected chi connectivity index (χ2v) is 10.7. The predicted molar refractivity (Wildman–Crippen MR) is 108 cm³/mol. The number of carbonyl (C=O) groups excluding carboxylic acids is 3. The Kier molecular flexibility index (Phi) is 5.23. The van der Waals surface area contributed by atoms with Crippen molar-refractivity contribution in [3.8, 4) is 0 Å². The molecule has 156 valence electrons. The van der Waals surface area contributed by atoms with E-state index in [0.29, 0.717) is 24.9 Å². The molecule has 1 saturated carbocycles. The van der Waals surface area contributed by atoms with Crippen LogP contribution in [0.25, 0.3) is 0 Å². The number of likely N-dealkylation sites (tertiary alicyclic amines) is 1. The number of rotatable bonds is 4. The maximum Gasteiger partial charge on any atom is 0.247 e. The smallest absolute Gasteiger partial charge is 0.247 e. The van der Waals surface area contributed by atoms with Gasteiger partial charge < -0.3 is 4.90 Å². The third-order valence-electron chi connectivity index (χ3n) is 6.47. The molecule has 0 radical (unpaired) electrons. The summed E-state index contributed by atoms with van der Waals surface area (Å²) in [7, 11) is -3.19. The molecule has 2 saturated heterocycles. The summed E-state index contributed by atoms with van der Waals surface area (Å²) in [6.45, 7) is -0.329. The largest absolute Gasteiger partial charge is 0.307 e. The maximum atomic E-state index is 13.2. The molecule has 0 aromatic heterocycles. The molecule has 4 rings (SSSR count). The van der Waals surface area contributed by atoms with E-state index in [1.54, 1.807) is 24.3 Å². The first-order valence-corrected chi connectivity index (χ1v) is 12.1. The van der Waals surface area contributed by atoms with E-state index >= 15 is 0 Å². The molecule has 29 heavy (non-hydrogen) atoms. The summed E-state index contributed by atoms with van der Waals surface area (Å²) >= 11 is 0. The Bertz CT molecular complexity index is 922. The van der Waals surface area contributed by atoms with E-state index in [4.69, 9.17) is 0 Å². The van der Waals surface area contributed by atoms with Crippen molar-refractivity contribution in [1.29, 1.82) is 0 Å². The molecule has 1 aromatic rings. The molecule has 8 heteroatoms. The molecule has 0 bridgehead atoms. The van der Waals surface area contributed by atoms with Crippen LogP contribution in [-0.2, 0) is 24.2 Å². The number of carbonyl (C=O) groups is 3. The summed E-state index contributed by atoms with van der Waals surface area (Å²) in [6, 6.07) is 8.40. The van der Waals surface area contributed by atoms with Gasteiger partial charge in [0.2, 0.25) is 17.7 Å². The van der Waals surface area contributed by atoms with Gasteiger partial charge in [-0.3, -0.25) is 19.3 Å². The molecule has 0 N–H and O–H groups in total. The van der Waals surface area contributed by atoms with Crippen LogP contribution in [-0.4, -0.2) is 55.1 Å². The number of nitrogens with zero attached hydrogens (tertiary/aromatic N) is 2. The van der Waals surface area contributed by atoms with Crippen LogP contribution < -0.4 is 4.90 Å². The Morgan fingerprint density at radius 1 is 1.10 bits per heavy atom. The lowest BCUT2D eigenvalue weighted by Gasteiger charge is -2.32. The van der Waals surface area contributed by atoms with Crippen LogP contribution in [0.5, 0.6) is 0 Å². The van der Waals surface area contributed by atoms with Crippen LogP contribution >= 0.6 is 0 Å². The SMILES string of the molecule is O=C1CC2(CCCCC2)C(=O)N1CC(=O)N(c1ccccc1)[C@@H]1CCS(=O)(=O)C1. The first-order valence-electron chi connectivity index (χ1n) is 10.2. The molecular weight excluding hydrogens is 392 g/mol. The zero-order valence-corrected chi connectivity index (χ0v) is 17.2. The molecule has 1 aromatic carbocycles. The number of hydrogen-bond donors (Lipinski definition) is 0. The number of sulfone groups is 1. The zero-order valence-electron chi connectivity index (χ0n) is 16.4. The normalized spacial score (nSPS) is 25.5. The minimum Gasteiger partial charge on any atom is -0.307 e. The van der Waals surface area contributed by atoms with Gasteiger partial charge in [-0.25, -0.2) is 8.42 Å². The summed E-state index contributed by atoms with van der Waals surface area (Å²) in [5.74, 6) is -0.994. The molecule has 1 atom stereocenters. The highest BCUT2D eigenvalue weighted by Gasteiger charge is 2.52. The first kappa shape index (κ1) is 20.1. The molecule has 1 aliphatic carbocycles. The fourth-order valence-electron chi connectivity index (χ4n) is 4.98. The topological polar surface area (TPSA) is 91.8 Å². The number of hydrogen-bond acceptors (Lipinski definition) is 5. The molecule has 2 heterocycles. The summed E-state index contributed by atoms with van der Waals surface area (Å²) in [6.07, 6.45) is 4.86. The minimum absolute atomic E-state index is 0.0406. The summed E-state index contributed by atoms with van der Waals surface area (Å²) in [5, 5.41) is 0. The standard InChI is InChI=1S/C21H26N2O5S/c24-18-13-21(10-5-2-6-11-21)20(26)22(18)14-19(25)23(16-7-3-1-4-8-16)17-9-12-29(27,28)15-17/h1,3-4,7-8,17H,2,5-6,9-15H2/t17-/m1/s1. The van der Waals surface area contributed by atoms with Crippen molar-refractivity contribution in [3.63, 3.8) is 0 Å². The van der Waals surface area contributed by atoms with Crippen molar-refractivity contribution in [1.82, 2.24) is 4.90 Å². The highest BCUT2D eigenvalue weighted by molar-refractivity contribution is 7.91. The lowest BCUT2D eigenvalue weighted by Crippen LogP contribution is -2.48. The zero-order chi connectivity index (χ0) is 20.6. The van der Waals surface area contributed by atoms with Crippen molar-refractivity contribution >= 4 is 33.2 Å². The van der Waals surface area contributed by atoms with Crippen LogP contribution in [0.15, 0.2) is 30.3 Å². The van der Waals surface area contributed by atoms with Crippen LogP contribution in [0.1, 0.15) is 44.9 Å². The number of amides is 3. The van der Waals surface area contributed by atoms with Crippen molar-refractivity contribution < 1.29 is 22.8 Å². The second kappa shape index (κ2) is 7.55. The van der Waals surface area contributed by atoms with E-state index in [9.17, 15) is 22.8 Å². The van der Waals surface area contributed by atoms with Gasteiger partial charge in [0, 0.05) is 12.1 Å². The van der Waals surface area contributed by atoms with Crippen LogP contribution in [0, 0.1) is 5.41 Å². The van der Waals surface area contributed by atoms with Gasteiger partial charge in [0.05, 0.1) is 23.0 Å². The molecule has 1 spiro atoms. The highest BCUT2D eigenvalue weighted by atomic mass is 32.2. The van der Waals surface area contributed by atoms with Crippen molar-refractivity contribution in [2.45, 2.75) is 51.0 Å². The molecule has 3 amide bonds. The van der Waals surface area contributed by atoms with Crippen LogP contribution in [0.2, 0.25) is 0 Å². The third-order valence-corrected chi connectivity index (χ3v) is 8.22. The van der Waals surface area contributed by atoms with E-state index in [2.05, 4.69) is 0 Å². The average molecular weight is 419 g/mol. The van der Waals surface area contributed by atoms with E-state index in [1.807, 2.05) is 6.07 Å². The van der Waals surface area contributed by atoms with Gasteiger partial charge in [-0.15, -0.1) is 0 Å². The Labute approximate surface area is 171 Å². The fraction of sp³-hybridized carbons (Fsp3) is 0.571. The Hall–Kier alpha value is -2.22. The Morgan fingerprint density at radius 3 is 2.41 bits per heavy atom. The Balaban J connectivity index is 1.57. The first-order chi connectivity index (χ1) is 13.8. The average Bonchev–Trinajstić information content (AvgIpc) is 3.15. The third kappa shape index (κ3) is 3.82. The van der Waals surface area contributed by atoms with E-state index in [-0.39, 0.29) is 36.3 Å². The summed E-state index contributed by atoms with van der Waals surface area (Å²) in [4.78, 5) is 41.5. The molecule has 2 aliphatic heterocycles. The van der Waals surface area contributed by atoms with Gasteiger partial charge in [0.25, 0.3) is 0 Å². The van der Waals surface area contributed by atoms with Crippen molar-refractivity contribution in [2.24, 2.45) is 5.41 Å². The number of benzene rings is 1. The lowest BCUT2D eigenvalue weighted by atomic mass is 9.73. The molecule has 3 fully saturated rings. The van der Waals surface area contributed by atoms with Gasteiger partial charge >= 0.3 is 0 Å². The van der Waals surface area contributed by atoms with Gasteiger partial charge in [0.15, 0.2) is 9.84 Å². The van der Waals surface area contributed by atoms with Crippen LogP contribution in [0.4, 0.5) is 5.69 Å². The van der Waals surface area contributed by atoms with Crippen molar-refractivity contribution in [2.75, 3.05) is 23.0 Å². The van der Waals surface area contributed by atoms with Gasteiger partial charge in [-0.05, 0) is 31.4 Å². The van der Waals surface area contributed by atoms with E-state index in [0.717, 1.165) is 24.2 Å². The summed E-state index contributed by atoms with van der Waals surface area (Å²) in [5.41, 5.74) is -0.0461. The van der Waals surface area contributed by atoms with Gasteiger partial charge in [-0.1, -0.05) is 37.5 Å². The molecular formula is C21H26N2O5S. The fourth-order valence-corrected chi connectivity index (χ4v) is 6.68. The maximum absolute atomic E-state index is 13.2. The van der Waals surface area contributed by atoms with E-state index < -0.39 is 27.2 Å². The molecule has 0 unspecified atom stereocenters. The number of imide groups is 1. The quantitative estimate of drug-likeness (QED) is 0.697. The van der Waals surface area contributed by atoms with E-state index in [1.165, 1.54) is 4.90 Å². The molecule has 3 aliphatic rings. The van der Waals surface area contributed by atoms with Gasteiger partial charge in [0.1, 0.15) is 6.54 Å². The van der Waals surface area contributed by atoms with Crippen molar-refractivity contribution in [3.05, 3.63) is 30.3 Å². The second-order valence-electron chi connectivity index (χ2n) is 8.46. The lowest BCUT2D eigenvalue weighted by molar-refractivity contribution is -0.145. The van der Waals surface area contributed by atoms with Gasteiger partial charge in [-0.2, -0.15) is 0 Å². The molecule has 7 nitrogen and oxygen atoms in total. The van der Waals surface area contributed by atoms with Crippen LogP contribution in [0.3, 0.4) is 0 Å². The Morgan fingerprint density at radius 2 is 1.79 bits per heavy atom.